The number of likely N-dealkylation sites (tertiary alicyclic amines) is 1. The maximum atomic E-state index is 14.4. The van der Waals surface area contributed by atoms with Crippen LogP contribution in [0.3, 0.4) is 0 Å². The van der Waals surface area contributed by atoms with Crippen LogP contribution < -0.4 is 21.3 Å². The van der Waals surface area contributed by atoms with E-state index in [1.807, 2.05) is 34.6 Å². The summed E-state index contributed by atoms with van der Waals surface area (Å²) in [6, 6.07) is -4.04. The Bertz CT molecular complexity index is 1300. The number of Topliss-reactive ketones (excluding diaryl/α,β-unsaturated/α-hetero) is 1. The second kappa shape index (κ2) is 16.3. The quantitative estimate of drug-likeness (QED) is 0.220. The van der Waals surface area contributed by atoms with Crippen LogP contribution in [0.1, 0.15) is 104 Å². The summed E-state index contributed by atoms with van der Waals surface area (Å²) in [7, 11) is 0. The number of nitrogens with one attached hydrogen (secondary N) is 4. The average Bonchev–Trinajstić information content (AvgIpc) is 3.62. The van der Waals surface area contributed by atoms with Crippen molar-refractivity contribution in [2.45, 2.75) is 124 Å². The van der Waals surface area contributed by atoms with Gasteiger partial charge in [-0.25, -0.2) is 4.98 Å². The molecular weight excluding hydrogens is 602 g/mol. The molecule has 1 saturated carbocycles. The highest BCUT2D eigenvalue weighted by Crippen LogP contribution is 2.43. The molecule has 13 nitrogen and oxygen atoms in total. The molecule has 1 aliphatic carbocycles. The molecular formula is C34H53N7O6. The first-order chi connectivity index (χ1) is 22.1. The molecule has 2 heterocycles. The zero-order chi connectivity index (χ0) is 35.1. The molecule has 0 aromatic carbocycles. The van der Waals surface area contributed by atoms with Crippen molar-refractivity contribution >= 4 is 35.3 Å². The van der Waals surface area contributed by atoms with Gasteiger partial charge < -0.3 is 26.2 Å². The third-order valence-corrected chi connectivity index (χ3v) is 9.30. The Labute approximate surface area is 278 Å². The van der Waals surface area contributed by atoms with Crippen LogP contribution in [0, 0.1) is 23.2 Å². The van der Waals surface area contributed by atoms with E-state index in [2.05, 4.69) is 31.2 Å². The van der Waals surface area contributed by atoms with Crippen molar-refractivity contribution in [1.82, 2.24) is 36.1 Å². The molecule has 7 atom stereocenters. The van der Waals surface area contributed by atoms with Gasteiger partial charge in [0.1, 0.15) is 23.8 Å². The average molecular weight is 656 g/mol. The lowest BCUT2D eigenvalue weighted by atomic mass is 9.85. The summed E-state index contributed by atoms with van der Waals surface area (Å²) in [5.41, 5.74) is -0.694. The number of rotatable bonds is 14. The third kappa shape index (κ3) is 9.35. The van der Waals surface area contributed by atoms with Crippen LogP contribution in [0.5, 0.6) is 0 Å². The minimum atomic E-state index is -1.02. The standard InChI is InChI=1S/C34H53N7O6/c1-9-12-23(27(42)32(46)37-20(5)10-2)38-31(45)26-22-14-11-13-21(22)18-41(26)33(47)28(34(6,7)8)40-30(44)25(19(3)4)39-29(43)24-17-35-15-16-36-24/h15-17,19-23,25-26,28H,9-14,18H2,1-8H3,(H,37,46)(H,38,45)(H,39,43)(H,40,44)/t20-,21-,22-,23-,25-,26-,28+/m0/s1. The first-order valence-electron chi connectivity index (χ1n) is 16.9. The highest BCUT2D eigenvalue weighted by atomic mass is 16.2. The molecule has 0 bridgehead atoms. The largest absolute Gasteiger partial charge is 0.347 e. The van der Waals surface area contributed by atoms with E-state index in [1.165, 1.54) is 18.6 Å². The van der Waals surface area contributed by atoms with Crippen molar-refractivity contribution < 1.29 is 28.8 Å². The predicted molar refractivity (Wildman–Crippen MR) is 176 cm³/mol. The normalized spacial score (nSPS) is 21.6. The Kier molecular flexibility index (Phi) is 13.0. The van der Waals surface area contributed by atoms with Crippen molar-refractivity contribution in [3.63, 3.8) is 0 Å². The highest BCUT2D eigenvalue weighted by molar-refractivity contribution is 6.38. The monoisotopic (exact) mass is 655 g/mol. The first kappa shape index (κ1) is 37.6. The zero-order valence-electron chi connectivity index (χ0n) is 29.1. The number of hydrogen-bond donors (Lipinski definition) is 4. The smallest absolute Gasteiger partial charge is 0.289 e. The Morgan fingerprint density at radius 3 is 2.23 bits per heavy atom. The second-order valence-electron chi connectivity index (χ2n) is 14.4. The lowest BCUT2D eigenvalue weighted by Gasteiger charge is -2.37. The van der Waals surface area contributed by atoms with Crippen molar-refractivity contribution in [1.29, 1.82) is 0 Å². The minimum Gasteiger partial charge on any atom is -0.347 e. The van der Waals surface area contributed by atoms with E-state index in [1.54, 1.807) is 25.7 Å². The van der Waals surface area contributed by atoms with Crippen molar-refractivity contribution in [3.8, 4) is 0 Å². The summed E-state index contributed by atoms with van der Waals surface area (Å²) in [4.78, 5) is 90.3. The maximum Gasteiger partial charge on any atom is 0.289 e. The van der Waals surface area contributed by atoms with Crippen molar-refractivity contribution in [3.05, 3.63) is 24.3 Å². The molecule has 260 valence electrons. The number of amides is 5. The molecule has 1 aromatic rings. The van der Waals surface area contributed by atoms with E-state index in [-0.39, 0.29) is 35.9 Å². The SMILES string of the molecule is CCC[C@H](NC(=O)[C@@H]1[C@H]2CCC[C@H]2CN1C(=O)[C@@H](NC(=O)[C@@H](NC(=O)c1cnccn1)C(C)C)C(C)(C)C)C(=O)C(=O)N[C@@H](C)CC. The molecule has 3 rings (SSSR count). The number of carbonyl (C=O) groups is 6. The van der Waals surface area contributed by atoms with Gasteiger partial charge in [-0.05, 0) is 55.8 Å². The number of fused-ring (bicyclic) bond motifs is 1. The number of carbonyl (C=O) groups excluding carboxylic acids is 6. The van der Waals surface area contributed by atoms with Gasteiger partial charge in [-0.3, -0.25) is 33.8 Å². The fourth-order valence-electron chi connectivity index (χ4n) is 6.45. The minimum absolute atomic E-state index is 0.0593. The second-order valence-corrected chi connectivity index (χ2v) is 14.4. The van der Waals surface area contributed by atoms with Crippen LogP contribution in [0.2, 0.25) is 0 Å². The summed E-state index contributed by atoms with van der Waals surface area (Å²) in [5.74, 6) is -3.73. The van der Waals surface area contributed by atoms with E-state index in [0.29, 0.717) is 19.4 Å². The topological polar surface area (TPSA) is 180 Å². The zero-order valence-corrected chi connectivity index (χ0v) is 29.1. The molecule has 0 unspecified atom stereocenters. The molecule has 47 heavy (non-hydrogen) atoms. The van der Waals surface area contributed by atoms with Crippen LogP contribution in [0.15, 0.2) is 18.6 Å². The molecule has 0 spiro atoms. The van der Waals surface area contributed by atoms with Crippen LogP contribution in [-0.4, -0.2) is 86.9 Å². The van der Waals surface area contributed by atoms with Gasteiger partial charge in [-0.15, -0.1) is 0 Å². The number of ketones is 1. The Balaban J connectivity index is 1.85. The number of aromatic nitrogens is 2. The lowest BCUT2D eigenvalue weighted by molar-refractivity contribution is -0.146. The van der Waals surface area contributed by atoms with E-state index in [4.69, 9.17) is 0 Å². The number of nitrogens with zero attached hydrogens (tertiary/aromatic N) is 3. The summed E-state index contributed by atoms with van der Waals surface area (Å²) >= 11 is 0. The molecule has 2 fully saturated rings. The molecule has 1 aliphatic heterocycles. The molecule has 2 aliphatic rings. The Hall–Kier alpha value is -3.90. The Morgan fingerprint density at radius 1 is 0.957 bits per heavy atom. The molecule has 4 N–H and O–H groups in total. The molecule has 13 heteroatoms. The summed E-state index contributed by atoms with van der Waals surface area (Å²) in [6.45, 7) is 15.0. The van der Waals surface area contributed by atoms with E-state index in [0.717, 1.165) is 19.3 Å². The van der Waals surface area contributed by atoms with E-state index < -0.39 is 64.9 Å². The summed E-state index contributed by atoms with van der Waals surface area (Å²) in [6.07, 6.45) is 8.18. The van der Waals surface area contributed by atoms with E-state index >= 15 is 0 Å². The van der Waals surface area contributed by atoms with Gasteiger partial charge in [0.05, 0.1) is 12.2 Å². The fraction of sp³-hybridized carbons (Fsp3) is 0.706. The summed E-state index contributed by atoms with van der Waals surface area (Å²) in [5, 5.41) is 11.1. The molecule has 1 saturated heterocycles. The first-order valence-corrected chi connectivity index (χ1v) is 16.9. The van der Waals surface area contributed by atoms with Gasteiger partial charge in [0.15, 0.2) is 0 Å². The highest BCUT2D eigenvalue weighted by Gasteiger charge is 2.52. The lowest BCUT2D eigenvalue weighted by Crippen LogP contribution is -2.62. The molecule has 1 aromatic heterocycles. The van der Waals surface area contributed by atoms with Crippen LogP contribution in [-0.2, 0) is 24.0 Å². The predicted octanol–water partition coefficient (Wildman–Crippen LogP) is 2.16. The van der Waals surface area contributed by atoms with Crippen LogP contribution in [0.4, 0.5) is 0 Å². The van der Waals surface area contributed by atoms with Gasteiger partial charge in [0.2, 0.25) is 23.5 Å². The maximum absolute atomic E-state index is 14.4. The summed E-state index contributed by atoms with van der Waals surface area (Å²) < 4.78 is 0. The van der Waals surface area contributed by atoms with Crippen molar-refractivity contribution in [2.24, 2.45) is 23.2 Å². The van der Waals surface area contributed by atoms with Gasteiger partial charge in [0, 0.05) is 25.0 Å². The van der Waals surface area contributed by atoms with Gasteiger partial charge in [-0.2, -0.15) is 0 Å². The van der Waals surface area contributed by atoms with E-state index in [9.17, 15) is 28.8 Å². The van der Waals surface area contributed by atoms with Crippen molar-refractivity contribution in [2.75, 3.05) is 6.54 Å². The van der Waals surface area contributed by atoms with Crippen LogP contribution >= 0.6 is 0 Å². The van der Waals surface area contributed by atoms with Crippen LogP contribution in [0.25, 0.3) is 0 Å². The molecule has 5 amide bonds. The Morgan fingerprint density at radius 2 is 1.66 bits per heavy atom. The van der Waals surface area contributed by atoms with Gasteiger partial charge in [-0.1, -0.05) is 61.3 Å². The number of hydrogen-bond acceptors (Lipinski definition) is 8. The van der Waals surface area contributed by atoms with Gasteiger partial charge >= 0.3 is 0 Å². The molecule has 0 radical (unpaired) electrons. The fourth-order valence-corrected chi connectivity index (χ4v) is 6.45. The van der Waals surface area contributed by atoms with Gasteiger partial charge in [0.25, 0.3) is 11.8 Å². The third-order valence-electron chi connectivity index (χ3n) is 9.30.